The van der Waals surface area contributed by atoms with Gasteiger partial charge in [0.2, 0.25) is 0 Å². The lowest BCUT2D eigenvalue weighted by Crippen LogP contribution is -2.30. The molecular formula is C53H86O6. The highest BCUT2D eigenvalue weighted by Crippen LogP contribution is 2.13. The number of unbranched alkanes of at least 4 members (excludes halogenated alkanes) is 17. The second-order valence-corrected chi connectivity index (χ2v) is 15.3. The Hall–Kier alpha value is -3.67. The Kier molecular flexibility index (Phi) is 44.1. The molecule has 0 saturated carbocycles. The predicted molar refractivity (Wildman–Crippen MR) is 251 cm³/mol. The van der Waals surface area contributed by atoms with E-state index in [4.69, 9.17) is 14.2 Å². The van der Waals surface area contributed by atoms with Crippen LogP contribution in [0.5, 0.6) is 0 Å². The molecule has 0 bridgehead atoms. The maximum Gasteiger partial charge on any atom is 0.306 e. The number of carbonyl (C=O) groups is 3. The Morgan fingerprint density at radius 1 is 0.373 bits per heavy atom. The average molecular weight is 819 g/mol. The van der Waals surface area contributed by atoms with E-state index in [2.05, 4.69) is 93.7 Å². The van der Waals surface area contributed by atoms with E-state index in [1.54, 1.807) is 0 Å². The number of ether oxygens (including phenoxy) is 3. The van der Waals surface area contributed by atoms with Crippen LogP contribution >= 0.6 is 0 Å². The zero-order valence-electron chi connectivity index (χ0n) is 38.0. The van der Waals surface area contributed by atoms with Gasteiger partial charge in [0.05, 0.1) is 0 Å². The van der Waals surface area contributed by atoms with Crippen LogP contribution in [0.1, 0.15) is 201 Å². The van der Waals surface area contributed by atoms with Crippen LogP contribution in [0.4, 0.5) is 0 Å². The molecule has 0 saturated heterocycles. The van der Waals surface area contributed by atoms with E-state index in [1.165, 1.54) is 64.2 Å². The fraction of sp³-hybridized carbons (Fsp3) is 0.642. The summed E-state index contributed by atoms with van der Waals surface area (Å²) in [5.74, 6) is -0.998. The quantitative estimate of drug-likeness (QED) is 0.0201. The van der Waals surface area contributed by atoms with E-state index in [-0.39, 0.29) is 37.5 Å². The third kappa shape index (κ3) is 45.3. The lowest BCUT2D eigenvalue weighted by molar-refractivity contribution is -0.167. The number of carbonyl (C=O) groups excluding carboxylic acids is 3. The first-order chi connectivity index (χ1) is 29.0. The van der Waals surface area contributed by atoms with Crippen molar-refractivity contribution in [1.29, 1.82) is 0 Å². The maximum absolute atomic E-state index is 12.8. The average Bonchev–Trinajstić information content (AvgIpc) is 3.23. The van der Waals surface area contributed by atoms with Gasteiger partial charge >= 0.3 is 17.9 Å². The van der Waals surface area contributed by atoms with E-state index in [1.807, 2.05) is 24.3 Å². The van der Waals surface area contributed by atoms with E-state index in [9.17, 15) is 14.4 Å². The number of esters is 3. The van der Waals surface area contributed by atoms with Crippen molar-refractivity contribution >= 4 is 17.9 Å². The van der Waals surface area contributed by atoms with Crippen molar-refractivity contribution in [2.75, 3.05) is 13.2 Å². The van der Waals surface area contributed by atoms with Gasteiger partial charge in [-0.3, -0.25) is 14.4 Å². The third-order valence-corrected chi connectivity index (χ3v) is 9.65. The van der Waals surface area contributed by atoms with Crippen molar-refractivity contribution in [3.05, 3.63) is 97.2 Å². The monoisotopic (exact) mass is 819 g/mol. The molecule has 6 heteroatoms. The smallest absolute Gasteiger partial charge is 0.306 e. The first kappa shape index (κ1) is 55.3. The van der Waals surface area contributed by atoms with Crippen molar-refractivity contribution in [3.8, 4) is 0 Å². The molecule has 0 radical (unpaired) electrons. The molecule has 59 heavy (non-hydrogen) atoms. The highest BCUT2D eigenvalue weighted by molar-refractivity contribution is 5.71. The molecule has 0 aromatic carbocycles. The topological polar surface area (TPSA) is 78.9 Å². The van der Waals surface area contributed by atoms with Gasteiger partial charge in [0.1, 0.15) is 13.2 Å². The van der Waals surface area contributed by atoms with Crippen molar-refractivity contribution in [2.45, 2.75) is 207 Å². The van der Waals surface area contributed by atoms with Gasteiger partial charge in [0.15, 0.2) is 6.10 Å². The molecule has 0 aromatic rings. The molecule has 0 amide bonds. The molecule has 0 N–H and O–H groups in total. The Morgan fingerprint density at radius 2 is 0.763 bits per heavy atom. The number of allylic oxidation sites excluding steroid dienone is 16. The molecule has 6 nitrogen and oxygen atoms in total. The van der Waals surface area contributed by atoms with Crippen molar-refractivity contribution in [1.82, 2.24) is 0 Å². The molecule has 1 unspecified atom stereocenters. The van der Waals surface area contributed by atoms with Crippen LogP contribution in [0.3, 0.4) is 0 Å². The van der Waals surface area contributed by atoms with E-state index in [0.717, 1.165) is 89.9 Å². The molecule has 334 valence electrons. The predicted octanol–water partition coefficient (Wildman–Crippen LogP) is 15.4. The second kappa shape index (κ2) is 47.0. The van der Waals surface area contributed by atoms with Gasteiger partial charge in [0, 0.05) is 19.3 Å². The minimum Gasteiger partial charge on any atom is -0.462 e. The van der Waals surface area contributed by atoms with E-state index >= 15 is 0 Å². The lowest BCUT2D eigenvalue weighted by atomic mass is 10.1. The number of hydrogen-bond acceptors (Lipinski definition) is 6. The number of rotatable bonds is 41. The van der Waals surface area contributed by atoms with Crippen LogP contribution in [0.2, 0.25) is 0 Å². The van der Waals surface area contributed by atoms with Crippen LogP contribution in [0.25, 0.3) is 0 Å². The molecule has 1 atom stereocenters. The Morgan fingerprint density at radius 3 is 1.32 bits per heavy atom. The SMILES string of the molecule is CC\C=C/C=C\C=C/C=C\CCCCCCCC(=O)OCC(COC(=O)CCC/C=C\C/C=C\C/C=C\CC)OC(=O)CCCCCCCCC/C=C\CCCCCC. The van der Waals surface area contributed by atoms with Gasteiger partial charge in [-0.15, -0.1) is 0 Å². The zero-order chi connectivity index (χ0) is 43.0. The first-order valence-electron chi connectivity index (χ1n) is 23.8. The molecule has 0 heterocycles. The fourth-order valence-corrected chi connectivity index (χ4v) is 6.12. The molecule has 0 rings (SSSR count). The van der Waals surface area contributed by atoms with E-state index in [0.29, 0.717) is 19.3 Å². The summed E-state index contributed by atoms with van der Waals surface area (Å²) in [4.78, 5) is 37.8. The summed E-state index contributed by atoms with van der Waals surface area (Å²) in [5, 5.41) is 0. The summed E-state index contributed by atoms with van der Waals surface area (Å²) in [5.41, 5.74) is 0. The molecular weight excluding hydrogens is 733 g/mol. The summed E-state index contributed by atoms with van der Waals surface area (Å²) in [6.45, 7) is 6.27. The Labute approximate surface area is 362 Å². The summed E-state index contributed by atoms with van der Waals surface area (Å²) in [7, 11) is 0. The van der Waals surface area contributed by atoms with Crippen molar-refractivity contribution in [3.63, 3.8) is 0 Å². The summed E-state index contributed by atoms with van der Waals surface area (Å²) < 4.78 is 16.7. The lowest BCUT2D eigenvalue weighted by Gasteiger charge is -2.18. The summed E-state index contributed by atoms with van der Waals surface area (Å²) in [6.07, 6.45) is 61.1. The standard InChI is InChI=1S/C53H86O6/c1-4-7-10-13-16-19-22-24-26-28-31-34-37-40-43-46-52(55)58-49-50(48-57-51(54)45-42-39-36-33-30-21-18-15-12-9-6-3)59-53(56)47-44-41-38-35-32-29-27-25-23-20-17-14-11-8-5-2/h7,9-10,12-13,16,18-24,26,33,36,50H,4-6,8,11,14-15,17,25,27-32,34-35,37-49H2,1-3H3/b10-7-,12-9-,16-13-,21-18-,22-19-,23-20-,26-24-,36-33-. The van der Waals surface area contributed by atoms with Gasteiger partial charge in [-0.2, -0.15) is 0 Å². The minimum atomic E-state index is -0.809. The molecule has 0 aliphatic heterocycles. The van der Waals surface area contributed by atoms with Crippen molar-refractivity contribution in [2.24, 2.45) is 0 Å². The normalized spacial score (nSPS) is 12.9. The highest BCUT2D eigenvalue weighted by Gasteiger charge is 2.19. The molecule has 0 spiro atoms. The Balaban J connectivity index is 4.49. The summed E-state index contributed by atoms with van der Waals surface area (Å²) in [6, 6.07) is 0. The van der Waals surface area contributed by atoms with Gasteiger partial charge in [-0.25, -0.2) is 0 Å². The largest absolute Gasteiger partial charge is 0.462 e. The fourth-order valence-electron chi connectivity index (χ4n) is 6.12. The van der Waals surface area contributed by atoms with E-state index < -0.39 is 6.10 Å². The van der Waals surface area contributed by atoms with Crippen LogP contribution in [-0.4, -0.2) is 37.2 Å². The van der Waals surface area contributed by atoms with Crippen molar-refractivity contribution < 1.29 is 28.6 Å². The number of hydrogen-bond donors (Lipinski definition) is 0. The van der Waals surface area contributed by atoms with Gasteiger partial charge in [0.25, 0.3) is 0 Å². The minimum absolute atomic E-state index is 0.109. The third-order valence-electron chi connectivity index (χ3n) is 9.65. The maximum atomic E-state index is 12.8. The molecule has 0 aromatic heterocycles. The first-order valence-corrected chi connectivity index (χ1v) is 23.8. The van der Waals surface area contributed by atoms with Gasteiger partial charge in [-0.05, 0) is 89.9 Å². The molecule has 0 fully saturated rings. The van der Waals surface area contributed by atoms with Crippen LogP contribution in [0.15, 0.2) is 97.2 Å². The van der Waals surface area contributed by atoms with Crippen LogP contribution < -0.4 is 0 Å². The summed E-state index contributed by atoms with van der Waals surface area (Å²) >= 11 is 0. The Bertz CT molecular complexity index is 1220. The zero-order valence-corrected chi connectivity index (χ0v) is 38.0. The van der Waals surface area contributed by atoms with Crippen LogP contribution in [0, 0.1) is 0 Å². The van der Waals surface area contributed by atoms with Gasteiger partial charge in [-0.1, -0.05) is 189 Å². The van der Waals surface area contributed by atoms with Crippen LogP contribution in [-0.2, 0) is 28.6 Å². The van der Waals surface area contributed by atoms with Gasteiger partial charge < -0.3 is 14.2 Å². The molecule has 0 aliphatic rings. The highest BCUT2D eigenvalue weighted by atomic mass is 16.6. The second-order valence-electron chi connectivity index (χ2n) is 15.3. The molecule has 0 aliphatic carbocycles.